The minimum atomic E-state index is -3.60. The molecule has 1 N–H and O–H groups in total. The van der Waals surface area contributed by atoms with Crippen molar-refractivity contribution in [2.24, 2.45) is 0 Å². The first-order chi connectivity index (χ1) is 14.8. The topological polar surface area (TPSA) is 119 Å². The number of rotatable bonds is 4. The van der Waals surface area contributed by atoms with E-state index >= 15 is 0 Å². The fourth-order valence-electron chi connectivity index (χ4n) is 4.63. The molecule has 10 nitrogen and oxygen atoms in total. The Hall–Kier alpha value is -2.43. The molecule has 1 amide bonds. The molecule has 2 atom stereocenters. The third-order valence-corrected chi connectivity index (χ3v) is 6.84. The number of nitrogens with one attached hydrogen (secondary N) is 1. The van der Waals surface area contributed by atoms with E-state index in [1.807, 2.05) is 39.5 Å². The molecule has 0 radical (unpaired) electrons. The summed E-state index contributed by atoms with van der Waals surface area (Å²) in [4.78, 5) is 23.2. The monoisotopic (exact) mass is 464 g/mol. The van der Waals surface area contributed by atoms with Crippen molar-refractivity contribution in [3.63, 3.8) is 0 Å². The average Bonchev–Trinajstić information content (AvgIpc) is 3.19. The summed E-state index contributed by atoms with van der Waals surface area (Å²) >= 11 is 0. The average molecular weight is 465 g/mol. The van der Waals surface area contributed by atoms with Gasteiger partial charge in [0.25, 0.3) is 5.16 Å². The van der Waals surface area contributed by atoms with Gasteiger partial charge in [-0.05, 0) is 52.4 Å². The van der Waals surface area contributed by atoms with Gasteiger partial charge in [0.05, 0.1) is 6.20 Å². The summed E-state index contributed by atoms with van der Waals surface area (Å²) in [6.07, 6.45) is 5.86. The van der Waals surface area contributed by atoms with E-state index < -0.39 is 15.4 Å². The van der Waals surface area contributed by atoms with Crippen molar-refractivity contribution in [3.8, 4) is 0 Å². The van der Waals surface area contributed by atoms with Crippen molar-refractivity contribution in [2.45, 2.75) is 95.1 Å². The van der Waals surface area contributed by atoms with Crippen LogP contribution in [0.5, 0.6) is 0 Å². The Kier molecular flexibility index (Phi) is 5.59. The summed E-state index contributed by atoms with van der Waals surface area (Å²) in [5, 5.41) is 7.60. The minimum absolute atomic E-state index is 0.0309. The Labute approximate surface area is 188 Å². The molecule has 2 aliphatic heterocycles. The van der Waals surface area contributed by atoms with E-state index in [1.165, 1.54) is 0 Å². The third-order valence-electron chi connectivity index (χ3n) is 6.00. The zero-order valence-corrected chi connectivity index (χ0v) is 20.3. The molecule has 2 aliphatic rings. The zero-order chi connectivity index (χ0) is 23.4. The summed E-state index contributed by atoms with van der Waals surface area (Å²) in [7, 11) is -3.60. The third kappa shape index (κ3) is 4.39. The molecule has 2 fully saturated rings. The molecule has 2 unspecified atom stereocenters. The number of amides is 1. The first-order valence-corrected chi connectivity index (χ1v) is 13.0. The minimum Gasteiger partial charge on any atom is -0.444 e. The second kappa shape index (κ2) is 7.86. The fraction of sp³-hybridized carbons (Fsp3) is 0.714. The maximum absolute atomic E-state index is 12.7. The molecule has 32 heavy (non-hydrogen) atoms. The van der Waals surface area contributed by atoms with Crippen LogP contribution in [0.25, 0.3) is 5.65 Å². The number of aromatic nitrogens is 4. The molecule has 0 aliphatic carbocycles. The largest absolute Gasteiger partial charge is 0.444 e. The van der Waals surface area contributed by atoms with Crippen LogP contribution < -0.4 is 5.32 Å². The van der Waals surface area contributed by atoms with Crippen LogP contribution in [0.15, 0.2) is 11.4 Å². The highest BCUT2D eigenvalue weighted by atomic mass is 32.2. The van der Waals surface area contributed by atoms with Gasteiger partial charge in [-0.2, -0.15) is 19.6 Å². The van der Waals surface area contributed by atoms with Gasteiger partial charge in [0.2, 0.25) is 15.8 Å². The van der Waals surface area contributed by atoms with Gasteiger partial charge in [0.15, 0.2) is 5.65 Å². The number of ether oxygens (including phenoxy) is 1. The molecule has 176 valence electrons. The van der Waals surface area contributed by atoms with Gasteiger partial charge in [-0.25, -0.2) is 13.2 Å². The fourth-order valence-corrected chi connectivity index (χ4v) is 5.14. The van der Waals surface area contributed by atoms with Gasteiger partial charge in [-0.15, -0.1) is 0 Å². The first-order valence-electron chi connectivity index (χ1n) is 11.1. The molecule has 2 bridgehead atoms. The maximum Gasteiger partial charge on any atom is 0.410 e. The standard InChI is InChI=1S/C21H32N6O4S/c1-12(2)16-11-22-27-17(16)24-19(32(6,29)30)25-18(27)23-13-9-14-7-8-15(10-13)26(14)20(28)31-21(3,4)5/h11-15H,7-10H2,1-6H3,(H,23,24,25). The number of fused-ring (bicyclic) bond motifs is 3. The van der Waals surface area contributed by atoms with Crippen LogP contribution in [-0.2, 0) is 14.6 Å². The van der Waals surface area contributed by atoms with Gasteiger partial charge in [-0.1, -0.05) is 13.8 Å². The Morgan fingerprint density at radius 1 is 1.19 bits per heavy atom. The predicted octanol–water partition coefficient (Wildman–Crippen LogP) is 2.99. The second-order valence-electron chi connectivity index (χ2n) is 10.2. The molecule has 2 aromatic heterocycles. The normalized spacial score (nSPS) is 23.7. The van der Waals surface area contributed by atoms with Crippen molar-refractivity contribution in [2.75, 3.05) is 11.6 Å². The lowest BCUT2D eigenvalue weighted by atomic mass is 9.98. The lowest BCUT2D eigenvalue weighted by Crippen LogP contribution is -2.51. The molecule has 4 rings (SSSR count). The van der Waals surface area contributed by atoms with Gasteiger partial charge in [0.1, 0.15) is 5.60 Å². The number of sulfone groups is 1. The van der Waals surface area contributed by atoms with Crippen LogP contribution >= 0.6 is 0 Å². The number of hydrogen-bond donors (Lipinski definition) is 1. The van der Waals surface area contributed by atoms with Crippen LogP contribution in [0.2, 0.25) is 0 Å². The van der Waals surface area contributed by atoms with E-state index in [9.17, 15) is 13.2 Å². The number of hydrogen-bond acceptors (Lipinski definition) is 8. The quantitative estimate of drug-likeness (QED) is 0.733. The summed E-state index contributed by atoms with van der Waals surface area (Å²) in [6, 6.07) is 0.191. The van der Waals surface area contributed by atoms with Gasteiger partial charge in [-0.3, -0.25) is 0 Å². The molecule has 0 saturated carbocycles. The van der Waals surface area contributed by atoms with Gasteiger partial charge in [0, 0.05) is 29.9 Å². The number of carbonyl (C=O) groups excluding carboxylic acids is 1. The second-order valence-corrected chi connectivity index (χ2v) is 12.1. The predicted molar refractivity (Wildman–Crippen MR) is 120 cm³/mol. The lowest BCUT2D eigenvalue weighted by Gasteiger charge is -2.39. The molecular weight excluding hydrogens is 432 g/mol. The van der Waals surface area contributed by atoms with Crippen LogP contribution in [0.1, 0.15) is 71.8 Å². The van der Waals surface area contributed by atoms with E-state index in [0.717, 1.165) is 37.5 Å². The lowest BCUT2D eigenvalue weighted by molar-refractivity contribution is 0.00680. The summed E-state index contributed by atoms with van der Waals surface area (Å²) in [5.41, 5.74) is 0.821. The van der Waals surface area contributed by atoms with Crippen molar-refractivity contribution < 1.29 is 17.9 Å². The number of nitrogens with zero attached hydrogens (tertiary/aromatic N) is 5. The molecular formula is C21H32N6O4S. The van der Waals surface area contributed by atoms with E-state index in [4.69, 9.17) is 4.74 Å². The molecule has 0 aromatic carbocycles. The van der Waals surface area contributed by atoms with Crippen molar-refractivity contribution in [3.05, 3.63) is 11.8 Å². The first kappa shape index (κ1) is 22.8. The summed E-state index contributed by atoms with van der Waals surface area (Å²) < 4.78 is 31.6. The van der Waals surface area contributed by atoms with Crippen molar-refractivity contribution in [1.29, 1.82) is 0 Å². The Morgan fingerprint density at radius 2 is 1.81 bits per heavy atom. The highest BCUT2D eigenvalue weighted by molar-refractivity contribution is 7.90. The zero-order valence-electron chi connectivity index (χ0n) is 19.5. The van der Waals surface area contributed by atoms with E-state index in [0.29, 0.717) is 11.6 Å². The van der Waals surface area contributed by atoms with Crippen LogP contribution in [-0.4, -0.2) is 69.0 Å². The van der Waals surface area contributed by atoms with Crippen LogP contribution in [0.3, 0.4) is 0 Å². The van der Waals surface area contributed by atoms with E-state index in [-0.39, 0.29) is 35.3 Å². The Balaban J connectivity index is 1.60. The number of piperidine rings is 1. The highest BCUT2D eigenvalue weighted by Crippen LogP contribution is 2.38. The van der Waals surface area contributed by atoms with Gasteiger partial charge < -0.3 is 15.0 Å². The molecule has 4 heterocycles. The maximum atomic E-state index is 12.7. The van der Waals surface area contributed by atoms with E-state index in [1.54, 1.807) is 10.7 Å². The SMILES string of the molecule is CC(C)c1cnn2c(NC3CC4CCC(C3)N4C(=O)OC(C)(C)C)nc(S(C)(=O)=O)nc12. The highest BCUT2D eigenvalue weighted by Gasteiger charge is 2.45. The van der Waals surface area contributed by atoms with Gasteiger partial charge >= 0.3 is 6.09 Å². The van der Waals surface area contributed by atoms with Crippen molar-refractivity contribution >= 4 is 27.5 Å². The smallest absolute Gasteiger partial charge is 0.410 e. The van der Waals surface area contributed by atoms with Crippen LogP contribution in [0.4, 0.5) is 10.7 Å². The molecule has 2 saturated heterocycles. The number of carbonyl (C=O) groups is 1. The Bertz CT molecular complexity index is 1120. The van der Waals surface area contributed by atoms with Crippen molar-refractivity contribution in [1.82, 2.24) is 24.5 Å². The summed E-state index contributed by atoms with van der Waals surface area (Å²) in [6.45, 7) is 9.63. The molecule has 2 aromatic rings. The molecule has 0 spiro atoms. The summed E-state index contributed by atoms with van der Waals surface area (Å²) in [5.74, 6) is 0.494. The Morgan fingerprint density at radius 3 is 2.34 bits per heavy atom. The molecule has 11 heteroatoms. The number of anilines is 1. The van der Waals surface area contributed by atoms with E-state index in [2.05, 4.69) is 20.4 Å². The van der Waals surface area contributed by atoms with Crippen LogP contribution in [0, 0.1) is 0 Å².